The molecule has 0 aliphatic rings. The average molecular weight is 273 g/mol. The number of rotatable bonds is 2. The van der Waals surface area contributed by atoms with Crippen molar-refractivity contribution in [2.24, 2.45) is 12.8 Å². The zero-order chi connectivity index (χ0) is 14.5. The van der Waals surface area contributed by atoms with Gasteiger partial charge in [-0.15, -0.1) is 0 Å². The number of aryl methyl sites for hydroxylation is 1. The molecule has 6 nitrogen and oxygen atoms in total. The first-order chi connectivity index (χ1) is 9.61. The van der Waals surface area contributed by atoms with E-state index in [1.165, 1.54) is 29.2 Å². The molecule has 0 aliphatic carbocycles. The van der Waals surface area contributed by atoms with E-state index < -0.39 is 11.7 Å². The van der Waals surface area contributed by atoms with Gasteiger partial charge in [-0.25, -0.2) is 9.07 Å². The Labute approximate surface area is 114 Å². The molecule has 1 aromatic carbocycles. The van der Waals surface area contributed by atoms with Crippen molar-refractivity contribution >= 4 is 11.9 Å². The van der Waals surface area contributed by atoms with Crippen LogP contribution < -0.4 is 11.1 Å². The number of halogens is 1. The van der Waals surface area contributed by atoms with Crippen LogP contribution in [-0.4, -0.2) is 27.2 Å². The Balaban J connectivity index is 2.27. The predicted octanol–water partition coefficient (Wildman–Crippen LogP) is 0.517. The van der Waals surface area contributed by atoms with Crippen LogP contribution in [0.2, 0.25) is 0 Å². The molecular weight excluding hydrogens is 261 g/mol. The predicted molar refractivity (Wildman–Crippen MR) is 71.3 cm³/mol. The minimum atomic E-state index is -0.636. The number of hydrogen-bond acceptors (Lipinski definition) is 4. The molecule has 0 unspecified atom stereocenters. The fourth-order valence-electron chi connectivity index (χ4n) is 1.51. The summed E-state index contributed by atoms with van der Waals surface area (Å²) in [5.41, 5.74) is 5.67. The van der Waals surface area contributed by atoms with Gasteiger partial charge in [0.25, 0.3) is 5.91 Å². The quantitative estimate of drug-likeness (QED) is 0.781. The van der Waals surface area contributed by atoms with Crippen molar-refractivity contribution in [2.45, 2.75) is 0 Å². The van der Waals surface area contributed by atoms with Gasteiger partial charge in [0.15, 0.2) is 0 Å². The third-order valence-electron chi connectivity index (χ3n) is 2.48. The maximum atomic E-state index is 13.7. The second-order valence-electron chi connectivity index (χ2n) is 3.86. The van der Waals surface area contributed by atoms with E-state index in [0.29, 0.717) is 5.56 Å². The molecule has 3 N–H and O–H groups in total. The molecule has 0 atom stereocenters. The highest BCUT2D eigenvalue weighted by molar-refractivity contribution is 6.03. The molecule has 102 valence electrons. The van der Waals surface area contributed by atoms with Crippen LogP contribution in [0.4, 0.5) is 10.3 Å². The number of nitrogens with two attached hydrogens (primary N) is 1. The summed E-state index contributed by atoms with van der Waals surface area (Å²) in [7, 11) is 1.61. The first-order valence-electron chi connectivity index (χ1n) is 5.75. The van der Waals surface area contributed by atoms with Gasteiger partial charge in [-0.2, -0.15) is 10.1 Å². The van der Waals surface area contributed by atoms with E-state index in [1.807, 2.05) is 0 Å². The van der Waals surface area contributed by atoms with Crippen LogP contribution in [0.15, 0.2) is 24.5 Å². The summed E-state index contributed by atoms with van der Waals surface area (Å²) in [6.45, 7) is 0.192. The normalized spacial score (nSPS) is 9.75. The molecule has 7 heteroatoms. The summed E-state index contributed by atoms with van der Waals surface area (Å²) < 4.78 is 15.1. The summed E-state index contributed by atoms with van der Waals surface area (Å²) in [6, 6.07) is 4.03. The Kier molecular flexibility index (Phi) is 4.08. The van der Waals surface area contributed by atoms with Crippen LogP contribution in [0.3, 0.4) is 0 Å². The zero-order valence-electron chi connectivity index (χ0n) is 10.7. The van der Waals surface area contributed by atoms with Crippen molar-refractivity contribution in [3.05, 3.63) is 41.5 Å². The van der Waals surface area contributed by atoms with Gasteiger partial charge in [-0.3, -0.25) is 10.1 Å². The first-order valence-corrected chi connectivity index (χ1v) is 5.75. The second-order valence-corrected chi connectivity index (χ2v) is 3.86. The van der Waals surface area contributed by atoms with Crippen molar-refractivity contribution in [2.75, 3.05) is 11.9 Å². The van der Waals surface area contributed by atoms with Crippen LogP contribution in [0, 0.1) is 17.7 Å². The number of nitrogens with one attached hydrogen (secondary N) is 1. The third kappa shape index (κ3) is 2.99. The summed E-state index contributed by atoms with van der Waals surface area (Å²) in [5.74, 6) is 4.36. The fourth-order valence-corrected chi connectivity index (χ4v) is 1.51. The highest BCUT2D eigenvalue weighted by Crippen LogP contribution is 2.12. The smallest absolute Gasteiger partial charge is 0.261 e. The van der Waals surface area contributed by atoms with Gasteiger partial charge >= 0.3 is 0 Å². The number of hydrogen-bond donors (Lipinski definition) is 2. The molecule has 1 amide bonds. The summed E-state index contributed by atoms with van der Waals surface area (Å²) >= 11 is 0. The number of benzene rings is 1. The average Bonchev–Trinajstić information content (AvgIpc) is 2.83. The van der Waals surface area contributed by atoms with Crippen molar-refractivity contribution in [1.82, 2.24) is 14.8 Å². The van der Waals surface area contributed by atoms with Crippen molar-refractivity contribution in [3.63, 3.8) is 0 Å². The molecule has 1 heterocycles. The fraction of sp³-hybridized carbons (Fsp3) is 0.154. The molecule has 2 aromatic rings. The molecule has 0 saturated carbocycles. The zero-order valence-corrected chi connectivity index (χ0v) is 10.7. The number of carbonyl (C=O) groups excluding carboxylic acids is 1. The van der Waals surface area contributed by atoms with Gasteiger partial charge in [-0.1, -0.05) is 11.8 Å². The first kappa shape index (κ1) is 13.7. The van der Waals surface area contributed by atoms with Crippen molar-refractivity contribution < 1.29 is 9.18 Å². The van der Waals surface area contributed by atoms with E-state index in [0.717, 1.165) is 0 Å². The lowest BCUT2D eigenvalue weighted by molar-refractivity contribution is 0.102. The molecule has 20 heavy (non-hydrogen) atoms. The van der Waals surface area contributed by atoms with Gasteiger partial charge < -0.3 is 5.73 Å². The van der Waals surface area contributed by atoms with Gasteiger partial charge in [0.1, 0.15) is 12.1 Å². The SMILES string of the molecule is Cn1ncnc1NC(=O)c1cc(C#CCN)ccc1F. The van der Waals surface area contributed by atoms with E-state index >= 15 is 0 Å². The van der Waals surface area contributed by atoms with Crippen LogP contribution >= 0.6 is 0 Å². The van der Waals surface area contributed by atoms with Gasteiger partial charge in [-0.05, 0) is 18.2 Å². The molecule has 0 aliphatic heterocycles. The van der Waals surface area contributed by atoms with Crippen molar-refractivity contribution in [3.8, 4) is 11.8 Å². The largest absolute Gasteiger partial charge is 0.320 e. The van der Waals surface area contributed by atoms with Crippen LogP contribution in [-0.2, 0) is 7.05 Å². The molecule has 0 bridgehead atoms. The molecule has 0 radical (unpaired) electrons. The summed E-state index contributed by atoms with van der Waals surface area (Å²) in [4.78, 5) is 15.8. The number of nitrogens with zero attached hydrogens (tertiary/aromatic N) is 3. The Morgan fingerprint density at radius 3 is 3.00 bits per heavy atom. The lowest BCUT2D eigenvalue weighted by atomic mass is 10.1. The Morgan fingerprint density at radius 2 is 2.35 bits per heavy atom. The molecule has 1 aromatic heterocycles. The molecule has 0 saturated heterocycles. The molecule has 0 fully saturated rings. The van der Waals surface area contributed by atoms with E-state index in [-0.39, 0.29) is 18.1 Å². The Hall–Kier alpha value is -2.72. The summed E-state index contributed by atoms with van der Waals surface area (Å²) in [5, 5.41) is 6.27. The summed E-state index contributed by atoms with van der Waals surface area (Å²) in [6.07, 6.45) is 1.29. The molecule has 2 rings (SSSR count). The molecule has 0 spiro atoms. The number of aromatic nitrogens is 3. The second kappa shape index (κ2) is 5.95. The van der Waals surface area contributed by atoms with Crippen LogP contribution in [0.5, 0.6) is 0 Å². The van der Waals surface area contributed by atoms with Crippen molar-refractivity contribution in [1.29, 1.82) is 0 Å². The van der Waals surface area contributed by atoms with E-state index in [1.54, 1.807) is 7.05 Å². The van der Waals surface area contributed by atoms with Gasteiger partial charge in [0.2, 0.25) is 5.95 Å². The van der Waals surface area contributed by atoms with Crippen LogP contribution in [0.25, 0.3) is 0 Å². The lowest BCUT2D eigenvalue weighted by Gasteiger charge is -2.05. The topological polar surface area (TPSA) is 85.8 Å². The number of amides is 1. The Bertz CT molecular complexity index is 698. The van der Waals surface area contributed by atoms with E-state index in [2.05, 4.69) is 27.2 Å². The lowest BCUT2D eigenvalue weighted by Crippen LogP contribution is -2.17. The minimum absolute atomic E-state index is 0.114. The van der Waals surface area contributed by atoms with Crippen LogP contribution in [0.1, 0.15) is 15.9 Å². The van der Waals surface area contributed by atoms with Gasteiger partial charge in [0.05, 0.1) is 12.1 Å². The third-order valence-corrected chi connectivity index (χ3v) is 2.48. The number of carbonyl (C=O) groups is 1. The molecular formula is C13H12FN5O. The van der Waals surface area contributed by atoms with Gasteiger partial charge in [0, 0.05) is 12.6 Å². The minimum Gasteiger partial charge on any atom is -0.320 e. The maximum Gasteiger partial charge on any atom is 0.261 e. The standard InChI is InChI=1S/C13H12FN5O/c1-19-13(16-8-17-19)18-12(20)10-7-9(3-2-6-15)4-5-11(10)14/h4-5,7-8H,6,15H2,1H3,(H,16,17,18,20). The monoisotopic (exact) mass is 273 g/mol. The highest BCUT2D eigenvalue weighted by Gasteiger charge is 2.14. The van der Waals surface area contributed by atoms with E-state index in [9.17, 15) is 9.18 Å². The highest BCUT2D eigenvalue weighted by atomic mass is 19.1. The van der Waals surface area contributed by atoms with E-state index in [4.69, 9.17) is 5.73 Å². The number of anilines is 1. The maximum absolute atomic E-state index is 13.7. The Morgan fingerprint density at radius 1 is 1.55 bits per heavy atom.